The van der Waals surface area contributed by atoms with Gasteiger partial charge >= 0.3 is 0 Å². The fourth-order valence-corrected chi connectivity index (χ4v) is 5.75. The van der Waals surface area contributed by atoms with E-state index in [-0.39, 0.29) is 12.8 Å². The van der Waals surface area contributed by atoms with E-state index >= 15 is 0 Å². The van der Waals surface area contributed by atoms with Gasteiger partial charge in [0.1, 0.15) is 11.9 Å². The quantitative estimate of drug-likeness (QED) is 0.301. The van der Waals surface area contributed by atoms with Crippen LogP contribution in [-0.2, 0) is 12.0 Å². The van der Waals surface area contributed by atoms with Crippen LogP contribution in [0.1, 0.15) is 67.3 Å². The molecule has 6 heteroatoms. The summed E-state index contributed by atoms with van der Waals surface area (Å²) in [5.41, 5.74) is 6.16. The van der Waals surface area contributed by atoms with Crippen LogP contribution in [0.2, 0.25) is 10.0 Å². The van der Waals surface area contributed by atoms with Gasteiger partial charge in [0.2, 0.25) is 0 Å². The van der Waals surface area contributed by atoms with E-state index in [1.165, 1.54) is 22.3 Å². The summed E-state index contributed by atoms with van der Waals surface area (Å²) < 4.78 is 18.0. The van der Waals surface area contributed by atoms with E-state index in [1.54, 1.807) is 6.07 Å². The lowest BCUT2D eigenvalue weighted by Gasteiger charge is -2.19. The first-order valence-electron chi connectivity index (χ1n) is 14.2. The SMILES string of the molecule is CC(C)(O)c1ccc2c(c1)CCCC(c1ccc(Cl)cc1Cl)=C2.Cc1ccc(OC2CCN(CCCF)C2)cc1. The predicted molar refractivity (Wildman–Crippen MR) is 166 cm³/mol. The molecule has 1 unspecified atom stereocenters. The van der Waals surface area contributed by atoms with Crippen molar-refractivity contribution in [3.8, 4) is 5.75 Å². The van der Waals surface area contributed by atoms with Crippen LogP contribution in [0.15, 0.2) is 60.7 Å². The van der Waals surface area contributed by atoms with Crippen molar-refractivity contribution in [3.63, 3.8) is 0 Å². The van der Waals surface area contributed by atoms with Crippen LogP contribution >= 0.6 is 23.2 Å². The van der Waals surface area contributed by atoms with E-state index in [9.17, 15) is 9.50 Å². The number of aliphatic hydroxyl groups is 1. The highest BCUT2D eigenvalue weighted by Gasteiger charge is 2.23. The third-order valence-corrected chi connectivity index (χ3v) is 8.06. The van der Waals surface area contributed by atoms with Gasteiger partial charge < -0.3 is 9.84 Å². The lowest BCUT2D eigenvalue weighted by Crippen LogP contribution is -2.26. The summed E-state index contributed by atoms with van der Waals surface area (Å²) in [7, 11) is 0. The van der Waals surface area contributed by atoms with E-state index in [0.29, 0.717) is 16.5 Å². The van der Waals surface area contributed by atoms with Gasteiger partial charge in [-0.2, -0.15) is 0 Å². The Hall–Kier alpha value is -2.37. The average molecular weight is 585 g/mol. The summed E-state index contributed by atoms with van der Waals surface area (Å²) in [5.74, 6) is 0.938. The summed E-state index contributed by atoms with van der Waals surface area (Å²) in [6.45, 7) is 8.28. The Morgan fingerprint density at radius 2 is 1.80 bits per heavy atom. The molecule has 0 aromatic heterocycles. The fourth-order valence-electron chi connectivity index (χ4n) is 5.22. The molecule has 1 aliphatic heterocycles. The second-order valence-electron chi connectivity index (χ2n) is 11.3. The highest BCUT2D eigenvalue weighted by Crippen LogP contribution is 2.35. The van der Waals surface area contributed by atoms with E-state index in [4.69, 9.17) is 27.9 Å². The summed E-state index contributed by atoms with van der Waals surface area (Å²) in [5, 5.41) is 11.6. The number of alkyl halides is 1. The fraction of sp³-hybridized carbons (Fsp3) is 0.412. The van der Waals surface area contributed by atoms with Crippen LogP contribution in [-0.4, -0.2) is 42.4 Å². The van der Waals surface area contributed by atoms with Crippen molar-refractivity contribution >= 4 is 34.9 Å². The van der Waals surface area contributed by atoms with Crippen molar-refractivity contribution in [2.75, 3.05) is 26.3 Å². The van der Waals surface area contributed by atoms with Crippen LogP contribution < -0.4 is 4.74 Å². The molecule has 3 nitrogen and oxygen atoms in total. The summed E-state index contributed by atoms with van der Waals surface area (Å²) in [6.07, 6.45) is 7.20. The van der Waals surface area contributed by atoms with Gasteiger partial charge in [0.05, 0.1) is 12.3 Å². The van der Waals surface area contributed by atoms with E-state index in [2.05, 4.69) is 42.2 Å². The molecular weight excluding hydrogens is 544 g/mol. The lowest BCUT2D eigenvalue weighted by atomic mass is 9.93. The van der Waals surface area contributed by atoms with Crippen LogP contribution in [0.25, 0.3) is 11.6 Å². The van der Waals surface area contributed by atoms with Crippen molar-refractivity contribution in [2.24, 2.45) is 0 Å². The number of rotatable bonds is 7. The number of allylic oxidation sites excluding steroid dienone is 1. The van der Waals surface area contributed by atoms with Crippen molar-refractivity contribution < 1.29 is 14.2 Å². The van der Waals surface area contributed by atoms with E-state index in [1.807, 2.05) is 44.2 Å². The molecule has 1 N–H and O–H groups in total. The summed E-state index contributed by atoms with van der Waals surface area (Å²) >= 11 is 12.4. The summed E-state index contributed by atoms with van der Waals surface area (Å²) in [4.78, 5) is 2.28. The molecule has 5 rings (SSSR count). The predicted octanol–water partition coefficient (Wildman–Crippen LogP) is 8.91. The van der Waals surface area contributed by atoms with E-state index < -0.39 is 5.60 Å². The Morgan fingerprint density at radius 3 is 2.50 bits per heavy atom. The standard InChI is InChI=1S/C20H20Cl2O.C14H20FNO/c1-20(2,23)16-7-6-14-10-15(5-3-4-13(14)11-16)18-9-8-17(21)12-19(18)22;1-12-3-5-13(6-4-12)17-14-7-10-16(11-14)9-2-8-15/h6-12,23H,3-5H2,1-2H3;3-6,14H,2,7-11H2,1H3. The molecule has 1 fully saturated rings. The molecule has 2 aliphatic rings. The number of fused-ring (bicyclic) bond motifs is 1. The molecule has 3 aromatic carbocycles. The van der Waals surface area contributed by atoms with Crippen LogP contribution in [0.3, 0.4) is 0 Å². The van der Waals surface area contributed by atoms with Crippen LogP contribution in [0.4, 0.5) is 4.39 Å². The zero-order valence-corrected chi connectivity index (χ0v) is 25.2. The normalized spacial score (nSPS) is 17.4. The molecule has 0 spiro atoms. The molecule has 1 heterocycles. The summed E-state index contributed by atoms with van der Waals surface area (Å²) in [6, 6.07) is 20.0. The number of halogens is 3. The van der Waals surface area contributed by atoms with Gasteiger partial charge in [-0.3, -0.25) is 9.29 Å². The molecule has 3 aromatic rings. The topological polar surface area (TPSA) is 32.7 Å². The second-order valence-corrected chi connectivity index (χ2v) is 12.1. The monoisotopic (exact) mass is 583 g/mol. The smallest absolute Gasteiger partial charge is 0.119 e. The number of nitrogens with zero attached hydrogens (tertiary/aromatic N) is 1. The molecule has 1 saturated heterocycles. The molecule has 0 amide bonds. The zero-order chi connectivity index (χ0) is 28.7. The number of benzene rings is 3. The van der Waals surface area contributed by atoms with E-state index in [0.717, 1.165) is 62.2 Å². The average Bonchev–Trinajstić information content (AvgIpc) is 3.24. The maximum atomic E-state index is 12.1. The largest absolute Gasteiger partial charge is 0.489 e. The van der Waals surface area contributed by atoms with Gasteiger partial charge in [-0.25, -0.2) is 0 Å². The highest BCUT2D eigenvalue weighted by atomic mass is 35.5. The minimum Gasteiger partial charge on any atom is -0.489 e. The van der Waals surface area contributed by atoms with Crippen LogP contribution in [0, 0.1) is 6.92 Å². The minimum absolute atomic E-state index is 0.222. The van der Waals surface area contributed by atoms with Crippen molar-refractivity contribution in [2.45, 2.75) is 64.6 Å². The second kappa shape index (κ2) is 14.0. The third kappa shape index (κ3) is 8.57. The van der Waals surface area contributed by atoms with Crippen LogP contribution in [0.5, 0.6) is 5.75 Å². The van der Waals surface area contributed by atoms with Crippen molar-refractivity contribution in [3.05, 3.63) is 98.5 Å². The van der Waals surface area contributed by atoms with Gasteiger partial charge in [-0.15, -0.1) is 0 Å². The van der Waals surface area contributed by atoms with Gasteiger partial charge in [0.15, 0.2) is 0 Å². The first kappa shape index (κ1) is 30.6. The number of ether oxygens (including phenoxy) is 1. The number of hydrogen-bond acceptors (Lipinski definition) is 3. The lowest BCUT2D eigenvalue weighted by molar-refractivity contribution is 0.0785. The minimum atomic E-state index is -0.812. The first-order valence-corrected chi connectivity index (χ1v) is 14.9. The van der Waals surface area contributed by atoms with Gasteiger partial charge in [0.25, 0.3) is 0 Å². The highest BCUT2D eigenvalue weighted by molar-refractivity contribution is 6.35. The molecule has 1 atom stereocenters. The molecule has 0 bridgehead atoms. The molecule has 0 radical (unpaired) electrons. The number of hydrogen-bond donors (Lipinski definition) is 1. The maximum Gasteiger partial charge on any atom is 0.119 e. The van der Waals surface area contributed by atoms with Gasteiger partial charge in [0, 0.05) is 29.7 Å². The molecule has 40 heavy (non-hydrogen) atoms. The Morgan fingerprint density at radius 1 is 1.02 bits per heavy atom. The zero-order valence-electron chi connectivity index (χ0n) is 23.7. The van der Waals surface area contributed by atoms with Crippen molar-refractivity contribution in [1.82, 2.24) is 4.90 Å². The molecular formula is C34H40Cl2FNO2. The number of likely N-dealkylation sites (tertiary alicyclic amines) is 1. The number of aryl methyl sites for hydroxylation is 2. The molecule has 0 saturated carbocycles. The first-order chi connectivity index (χ1) is 19.1. The third-order valence-electron chi connectivity index (χ3n) is 7.51. The Balaban J connectivity index is 0.000000194. The Kier molecular flexibility index (Phi) is 10.7. The molecule has 1 aliphatic carbocycles. The van der Waals surface area contributed by atoms with Crippen molar-refractivity contribution in [1.29, 1.82) is 0 Å². The Labute approximate surface area is 248 Å². The maximum absolute atomic E-state index is 12.1. The van der Waals surface area contributed by atoms with Gasteiger partial charge in [-0.1, -0.05) is 71.2 Å². The Bertz CT molecular complexity index is 1300. The molecule has 214 valence electrons. The van der Waals surface area contributed by atoms with Gasteiger partial charge in [-0.05, 0) is 105 Å².